The molecule has 1 aliphatic heterocycles. The first kappa shape index (κ1) is 15.7. The maximum atomic E-state index is 11.9. The summed E-state index contributed by atoms with van der Waals surface area (Å²) in [6, 6.07) is 0. The molecule has 0 saturated carbocycles. The van der Waals surface area contributed by atoms with E-state index in [2.05, 4.69) is 21.8 Å². The summed E-state index contributed by atoms with van der Waals surface area (Å²) in [5, 5.41) is 20.0. The number of nitrogens with zero attached hydrogens (tertiary/aromatic N) is 3. The monoisotopic (exact) mass is 314 g/mol. The predicted molar refractivity (Wildman–Crippen MR) is 74.3 cm³/mol. The molecule has 114 valence electrons. The molecule has 1 unspecified atom stereocenters. The standard InChI is InChI=1S/C12H15ClN4O4/c1-3-4-12(13)8(19)7(6(2)18)21-9(12)17-5-15-10(14)16-11(17)20/h5-9,18-19H,1-2H3,(H2,14,16,20)/t6-,7+,8?,9+,12+/m0/s1. The summed E-state index contributed by atoms with van der Waals surface area (Å²) in [7, 11) is 0. The quantitative estimate of drug-likeness (QED) is 0.465. The van der Waals surface area contributed by atoms with Crippen molar-refractivity contribution in [3.05, 3.63) is 16.8 Å². The van der Waals surface area contributed by atoms with Crippen LogP contribution in [-0.4, -0.2) is 47.9 Å². The van der Waals surface area contributed by atoms with E-state index in [0.717, 1.165) is 10.9 Å². The maximum absolute atomic E-state index is 11.9. The van der Waals surface area contributed by atoms with Crippen molar-refractivity contribution >= 4 is 17.5 Å². The first-order valence-electron chi connectivity index (χ1n) is 6.16. The Kier molecular flexibility index (Phi) is 4.20. The van der Waals surface area contributed by atoms with Gasteiger partial charge in [-0.2, -0.15) is 4.98 Å². The molecule has 0 radical (unpaired) electrons. The van der Waals surface area contributed by atoms with Gasteiger partial charge in [0, 0.05) is 0 Å². The Balaban J connectivity index is 2.54. The van der Waals surface area contributed by atoms with Gasteiger partial charge in [0.1, 0.15) is 18.5 Å². The molecule has 1 aliphatic rings. The third-order valence-corrected chi connectivity index (χ3v) is 3.68. The number of aliphatic hydroxyl groups excluding tert-OH is 2. The largest absolute Gasteiger partial charge is 0.391 e. The van der Waals surface area contributed by atoms with Crippen LogP contribution in [0.15, 0.2) is 11.1 Å². The Bertz CT molecular complexity index is 653. The molecule has 0 spiro atoms. The minimum absolute atomic E-state index is 0.191. The van der Waals surface area contributed by atoms with E-state index in [1.54, 1.807) is 0 Å². The smallest absolute Gasteiger partial charge is 0.354 e. The first-order chi connectivity index (χ1) is 9.81. The lowest BCUT2D eigenvalue weighted by Crippen LogP contribution is -2.44. The molecule has 0 bridgehead atoms. The van der Waals surface area contributed by atoms with Gasteiger partial charge in [0.05, 0.1) is 6.10 Å². The Morgan fingerprint density at radius 3 is 2.86 bits per heavy atom. The van der Waals surface area contributed by atoms with Gasteiger partial charge in [0.25, 0.3) is 0 Å². The molecule has 5 atom stereocenters. The zero-order valence-electron chi connectivity index (χ0n) is 11.4. The summed E-state index contributed by atoms with van der Waals surface area (Å²) in [6.45, 7) is 2.97. The average Bonchev–Trinajstić information content (AvgIpc) is 2.64. The summed E-state index contributed by atoms with van der Waals surface area (Å²) in [5.41, 5.74) is 4.59. The number of halogens is 1. The van der Waals surface area contributed by atoms with Crippen molar-refractivity contribution in [2.75, 3.05) is 5.73 Å². The third kappa shape index (κ3) is 2.61. The minimum atomic E-state index is -1.61. The topological polar surface area (TPSA) is 123 Å². The Morgan fingerprint density at radius 1 is 1.67 bits per heavy atom. The number of anilines is 1. The number of aliphatic hydroxyl groups is 2. The summed E-state index contributed by atoms with van der Waals surface area (Å²) in [5.74, 6) is 5.02. The van der Waals surface area contributed by atoms with E-state index in [0.29, 0.717) is 0 Å². The van der Waals surface area contributed by atoms with Gasteiger partial charge in [-0.15, -0.1) is 5.92 Å². The molecule has 9 heteroatoms. The first-order valence-corrected chi connectivity index (χ1v) is 6.54. The van der Waals surface area contributed by atoms with E-state index in [1.807, 2.05) is 0 Å². The molecule has 0 amide bonds. The number of rotatable bonds is 2. The van der Waals surface area contributed by atoms with Crippen LogP contribution in [-0.2, 0) is 4.74 Å². The Hall–Kier alpha value is -1.66. The highest BCUT2D eigenvalue weighted by atomic mass is 35.5. The molecule has 21 heavy (non-hydrogen) atoms. The SMILES string of the molecule is CC#C[C@@]1(Cl)C(O)[C@@H]([C@H](C)O)O[C@H]1n1cnc(N)nc1=O. The van der Waals surface area contributed by atoms with Crippen molar-refractivity contribution in [3.8, 4) is 11.8 Å². The molecule has 0 aromatic carbocycles. The van der Waals surface area contributed by atoms with Crippen molar-refractivity contribution in [1.29, 1.82) is 0 Å². The number of hydrogen-bond acceptors (Lipinski definition) is 7. The summed E-state index contributed by atoms with van der Waals surface area (Å²) >= 11 is 6.37. The molecular formula is C12H15ClN4O4. The zero-order chi connectivity index (χ0) is 15.8. The predicted octanol–water partition coefficient (Wildman–Crippen LogP) is -1.14. The molecule has 1 fully saturated rings. The second kappa shape index (κ2) is 5.61. The molecular weight excluding hydrogens is 300 g/mol. The van der Waals surface area contributed by atoms with E-state index in [4.69, 9.17) is 22.1 Å². The fraction of sp³-hybridized carbons (Fsp3) is 0.583. The molecule has 8 nitrogen and oxygen atoms in total. The van der Waals surface area contributed by atoms with Crippen LogP contribution in [0.1, 0.15) is 20.1 Å². The van der Waals surface area contributed by atoms with E-state index in [1.165, 1.54) is 13.8 Å². The van der Waals surface area contributed by atoms with E-state index < -0.39 is 35.1 Å². The summed E-state index contributed by atoms with van der Waals surface area (Å²) in [6.07, 6.45) is -3.36. The van der Waals surface area contributed by atoms with Crippen molar-refractivity contribution in [2.24, 2.45) is 0 Å². The van der Waals surface area contributed by atoms with Crippen LogP contribution in [0.3, 0.4) is 0 Å². The number of aromatic nitrogens is 3. The summed E-state index contributed by atoms with van der Waals surface area (Å²) in [4.78, 5) is 17.5. The van der Waals surface area contributed by atoms with Crippen LogP contribution in [0.4, 0.5) is 5.95 Å². The van der Waals surface area contributed by atoms with Crippen LogP contribution in [0.2, 0.25) is 0 Å². The van der Waals surface area contributed by atoms with Crippen LogP contribution in [0.5, 0.6) is 0 Å². The molecule has 4 N–H and O–H groups in total. The number of nitrogens with two attached hydrogens (primary N) is 1. The molecule has 0 aliphatic carbocycles. The number of hydrogen-bond donors (Lipinski definition) is 3. The lowest BCUT2D eigenvalue weighted by molar-refractivity contribution is -0.0775. The van der Waals surface area contributed by atoms with Gasteiger partial charge in [-0.05, 0) is 13.8 Å². The highest BCUT2D eigenvalue weighted by molar-refractivity contribution is 6.27. The van der Waals surface area contributed by atoms with E-state index in [9.17, 15) is 15.0 Å². The summed E-state index contributed by atoms with van der Waals surface area (Å²) < 4.78 is 6.50. The Morgan fingerprint density at radius 2 is 2.33 bits per heavy atom. The van der Waals surface area contributed by atoms with Crippen LogP contribution in [0, 0.1) is 11.8 Å². The van der Waals surface area contributed by atoms with Crippen molar-refractivity contribution < 1.29 is 14.9 Å². The van der Waals surface area contributed by atoms with Gasteiger partial charge < -0.3 is 20.7 Å². The highest BCUT2D eigenvalue weighted by Crippen LogP contribution is 2.43. The van der Waals surface area contributed by atoms with E-state index in [-0.39, 0.29) is 5.95 Å². The van der Waals surface area contributed by atoms with Gasteiger partial charge in [-0.1, -0.05) is 17.5 Å². The second-order valence-electron chi connectivity index (χ2n) is 4.69. The minimum Gasteiger partial charge on any atom is -0.391 e. The van der Waals surface area contributed by atoms with Gasteiger partial charge in [0.15, 0.2) is 11.1 Å². The van der Waals surface area contributed by atoms with Gasteiger partial charge in [-0.25, -0.2) is 9.78 Å². The van der Waals surface area contributed by atoms with Crippen LogP contribution in [0.25, 0.3) is 0 Å². The molecule has 1 aromatic heterocycles. The number of ether oxygens (including phenoxy) is 1. The number of alkyl halides is 1. The van der Waals surface area contributed by atoms with Crippen molar-refractivity contribution in [1.82, 2.24) is 14.5 Å². The van der Waals surface area contributed by atoms with E-state index >= 15 is 0 Å². The highest BCUT2D eigenvalue weighted by Gasteiger charge is 2.57. The van der Waals surface area contributed by atoms with Crippen molar-refractivity contribution in [3.63, 3.8) is 0 Å². The lowest BCUT2D eigenvalue weighted by Gasteiger charge is -2.25. The molecule has 1 aromatic rings. The lowest BCUT2D eigenvalue weighted by atomic mass is 9.97. The van der Waals surface area contributed by atoms with Crippen LogP contribution < -0.4 is 11.4 Å². The molecule has 2 heterocycles. The fourth-order valence-electron chi connectivity index (χ4n) is 2.20. The average molecular weight is 315 g/mol. The zero-order valence-corrected chi connectivity index (χ0v) is 12.2. The van der Waals surface area contributed by atoms with Gasteiger partial charge in [-0.3, -0.25) is 4.57 Å². The van der Waals surface area contributed by atoms with Crippen molar-refractivity contribution in [2.45, 2.75) is 43.3 Å². The normalized spacial score (nSPS) is 33.3. The molecule has 1 saturated heterocycles. The third-order valence-electron chi connectivity index (χ3n) is 3.18. The number of nitrogen functional groups attached to an aromatic ring is 1. The van der Waals surface area contributed by atoms with Gasteiger partial charge >= 0.3 is 5.69 Å². The van der Waals surface area contributed by atoms with Crippen LogP contribution >= 0.6 is 11.6 Å². The van der Waals surface area contributed by atoms with Gasteiger partial charge in [0.2, 0.25) is 5.95 Å². The Labute approximate surface area is 125 Å². The molecule has 2 rings (SSSR count). The maximum Gasteiger partial charge on any atom is 0.354 e. The second-order valence-corrected chi connectivity index (χ2v) is 5.31. The fourth-order valence-corrected chi connectivity index (χ4v) is 2.57.